The minimum Gasteiger partial charge on any atom is -0.328 e. The summed E-state index contributed by atoms with van der Waals surface area (Å²) in [5, 5.41) is 0. The van der Waals surface area contributed by atoms with E-state index in [2.05, 4.69) is 18.7 Å². The summed E-state index contributed by atoms with van der Waals surface area (Å²) in [4.78, 5) is 2.58. The van der Waals surface area contributed by atoms with Gasteiger partial charge in [0.15, 0.2) is 0 Å². The summed E-state index contributed by atoms with van der Waals surface area (Å²) in [5.41, 5.74) is 5.75. The molecule has 1 saturated heterocycles. The SMILES string of the molecule is CCC1CCCN(CCC(C)N)C1. The number of piperidine rings is 1. The minimum atomic E-state index is 0.363. The molecule has 0 spiro atoms. The van der Waals surface area contributed by atoms with Crippen molar-refractivity contribution in [2.45, 2.75) is 45.6 Å². The van der Waals surface area contributed by atoms with Crippen molar-refractivity contribution in [2.75, 3.05) is 19.6 Å². The Morgan fingerprint density at radius 2 is 2.31 bits per heavy atom. The zero-order chi connectivity index (χ0) is 9.68. The fourth-order valence-corrected chi connectivity index (χ4v) is 2.07. The number of nitrogens with zero attached hydrogens (tertiary/aromatic N) is 1. The smallest absolute Gasteiger partial charge is 0.00226 e. The van der Waals surface area contributed by atoms with Crippen LogP contribution in [0.25, 0.3) is 0 Å². The monoisotopic (exact) mass is 184 g/mol. The van der Waals surface area contributed by atoms with Crippen LogP contribution in [-0.2, 0) is 0 Å². The van der Waals surface area contributed by atoms with Crippen LogP contribution in [0.15, 0.2) is 0 Å². The van der Waals surface area contributed by atoms with E-state index in [1.807, 2.05) is 0 Å². The van der Waals surface area contributed by atoms with Crippen molar-refractivity contribution in [3.8, 4) is 0 Å². The van der Waals surface area contributed by atoms with Gasteiger partial charge in [0.2, 0.25) is 0 Å². The molecule has 2 atom stereocenters. The first kappa shape index (κ1) is 11.0. The van der Waals surface area contributed by atoms with E-state index >= 15 is 0 Å². The average Bonchev–Trinajstić information content (AvgIpc) is 2.15. The lowest BCUT2D eigenvalue weighted by molar-refractivity contribution is 0.168. The number of hydrogen-bond acceptors (Lipinski definition) is 2. The minimum absolute atomic E-state index is 0.363. The number of nitrogens with two attached hydrogens (primary N) is 1. The quantitative estimate of drug-likeness (QED) is 0.722. The second-order valence-corrected chi connectivity index (χ2v) is 4.48. The molecular formula is C11H24N2. The Morgan fingerprint density at radius 1 is 1.54 bits per heavy atom. The lowest BCUT2D eigenvalue weighted by atomic mass is 9.95. The van der Waals surface area contributed by atoms with E-state index in [9.17, 15) is 0 Å². The third-order valence-corrected chi connectivity index (χ3v) is 3.08. The van der Waals surface area contributed by atoms with Crippen LogP contribution in [0.5, 0.6) is 0 Å². The first-order valence-electron chi connectivity index (χ1n) is 5.70. The summed E-state index contributed by atoms with van der Waals surface area (Å²) in [7, 11) is 0. The number of likely N-dealkylation sites (tertiary alicyclic amines) is 1. The van der Waals surface area contributed by atoms with Gasteiger partial charge in [-0.25, -0.2) is 0 Å². The topological polar surface area (TPSA) is 29.3 Å². The molecule has 1 rings (SSSR count). The second-order valence-electron chi connectivity index (χ2n) is 4.48. The summed E-state index contributed by atoms with van der Waals surface area (Å²) in [6.45, 7) is 8.21. The van der Waals surface area contributed by atoms with Gasteiger partial charge in [-0.05, 0) is 45.2 Å². The average molecular weight is 184 g/mol. The molecule has 78 valence electrons. The van der Waals surface area contributed by atoms with E-state index in [1.165, 1.54) is 38.9 Å². The normalized spacial score (nSPS) is 27.5. The van der Waals surface area contributed by atoms with Crippen molar-refractivity contribution in [1.29, 1.82) is 0 Å². The predicted octanol–water partition coefficient (Wildman–Crippen LogP) is 1.85. The molecule has 0 amide bonds. The lowest BCUT2D eigenvalue weighted by Crippen LogP contribution is -2.37. The van der Waals surface area contributed by atoms with E-state index in [0.29, 0.717) is 6.04 Å². The van der Waals surface area contributed by atoms with Crippen molar-refractivity contribution in [3.63, 3.8) is 0 Å². The fourth-order valence-electron chi connectivity index (χ4n) is 2.07. The van der Waals surface area contributed by atoms with Crippen LogP contribution in [0, 0.1) is 5.92 Å². The second kappa shape index (κ2) is 5.61. The number of rotatable bonds is 4. The van der Waals surface area contributed by atoms with E-state index in [0.717, 1.165) is 12.3 Å². The zero-order valence-electron chi connectivity index (χ0n) is 9.13. The molecule has 13 heavy (non-hydrogen) atoms. The van der Waals surface area contributed by atoms with Gasteiger partial charge in [0.1, 0.15) is 0 Å². The van der Waals surface area contributed by atoms with E-state index in [-0.39, 0.29) is 0 Å². The molecule has 0 aromatic rings. The van der Waals surface area contributed by atoms with Gasteiger partial charge in [-0.15, -0.1) is 0 Å². The van der Waals surface area contributed by atoms with Crippen LogP contribution in [0.2, 0.25) is 0 Å². The Bertz CT molecular complexity index is 134. The molecule has 0 aromatic heterocycles. The van der Waals surface area contributed by atoms with E-state index in [4.69, 9.17) is 5.73 Å². The molecule has 0 aliphatic carbocycles. The van der Waals surface area contributed by atoms with Gasteiger partial charge >= 0.3 is 0 Å². The number of hydrogen-bond donors (Lipinski definition) is 1. The molecular weight excluding hydrogens is 160 g/mol. The summed E-state index contributed by atoms with van der Waals surface area (Å²) in [6, 6.07) is 0.363. The molecule has 1 aliphatic rings. The Labute approximate surface area is 82.5 Å². The predicted molar refractivity (Wildman–Crippen MR) is 57.7 cm³/mol. The van der Waals surface area contributed by atoms with Crippen LogP contribution in [0.4, 0.5) is 0 Å². The van der Waals surface area contributed by atoms with Crippen LogP contribution >= 0.6 is 0 Å². The molecule has 2 N–H and O–H groups in total. The molecule has 0 radical (unpaired) electrons. The first-order valence-corrected chi connectivity index (χ1v) is 5.70. The van der Waals surface area contributed by atoms with Gasteiger partial charge in [0, 0.05) is 12.6 Å². The Balaban J connectivity index is 2.18. The van der Waals surface area contributed by atoms with Crippen LogP contribution < -0.4 is 5.73 Å². The van der Waals surface area contributed by atoms with E-state index < -0.39 is 0 Å². The van der Waals surface area contributed by atoms with Crippen molar-refractivity contribution < 1.29 is 0 Å². The molecule has 2 heteroatoms. The summed E-state index contributed by atoms with van der Waals surface area (Å²) < 4.78 is 0. The highest BCUT2D eigenvalue weighted by molar-refractivity contribution is 4.72. The van der Waals surface area contributed by atoms with Crippen molar-refractivity contribution >= 4 is 0 Å². The van der Waals surface area contributed by atoms with Crippen molar-refractivity contribution in [2.24, 2.45) is 11.7 Å². The van der Waals surface area contributed by atoms with E-state index in [1.54, 1.807) is 0 Å². The molecule has 1 aliphatic heterocycles. The standard InChI is InChI=1S/C11H24N2/c1-3-11-5-4-7-13(9-11)8-6-10(2)12/h10-11H,3-9,12H2,1-2H3. The molecule has 1 heterocycles. The highest BCUT2D eigenvalue weighted by Crippen LogP contribution is 2.19. The fraction of sp³-hybridized carbons (Fsp3) is 1.00. The zero-order valence-corrected chi connectivity index (χ0v) is 9.13. The maximum Gasteiger partial charge on any atom is 0.00226 e. The van der Waals surface area contributed by atoms with Crippen molar-refractivity contribution in [3.05, 3.63) is 0 Å². The maximum atomic E-state index is 5.75. The molecule has 0 bridgehead atoms. The highest BCUT2D eigenvalue weighted by Gasteiger charge is 2.17. The summed E-state index contributed by atoms with van der Waals surface area (Å²) >= 11 is 0. The molecule has 2 unspecified atom stereocenters. The Hall–Kier alpha value is -0.0800. The third-order valence-electron chi connectivity index (χ3n) is 3.08. The van der Waals surface area contributed by atoms with Crippen LogP contribution in [0.1, 0.15) is 39.5 Å². The highest BCUT2D eigenvalue weighted by atomic mass is 15.1. The third kappa shape index (κ3) is 4.10. The summed E-state index contributed by atoms with van der Waals surface area (Å²) in [6.07, 6.45) is 5.31. The first-order chi connectivity index (χ1) is 6.22. The Kier molecular flexibility index (Phi) is 4.74. The molecule has 1 fully saturated rings. The van der Waals surface area contributed by atoms with Gasteiger partial charge < -0.3 is 10.6 Å². The van der Waals surface area contributed by atoms with Crippen LogP contribution in [0.3, 0.4) is 0 Å². The molecule has 2 nitrogen and oxygen atoms in total. The largest absolute Gasteiger partial charge is 0.328 e. The lowest BCUT2D eigenvalue weighted by Gasteiger charge is -2.32. The molecule has 0 saturated carbocycles. The Morgan fingerprint density at radius 3 is 2.92 bits per heavy atom. The summed E-state index contributed by atoms with van der Waals surface area (Å²) in [5.74, 6) is 0.946. The molecule has 0 aromatic carbocycles. The maximum absolute atomic E-state index is 5.75. The van der Waals surface area contributed by atoms with Crippen LogP contribution in [-0.4, -0.2) is 30.6 Å². The van der Waals surface area contributed by atoms with Gasteiger partial charge in [0.05, 0.1) is 0 Å². The van der Waals surface area contributed by atoms with Gasteiger partial charge in [-0.2, -0.15) is 0 Å². The van der Waals surface area contributed by atoms with Crippen molar-refractivity contribution in [1.82, 2.24) is 4.90 Å². The van der Waals surface area contributed by atoms with Gasteiger partial charge in [-0.1, -0.05) is 13.3 Å². The van der Waals surface area contributed by atoms with Gasteiger partial charge in [0.25, 0.3) is 0 Å². The van der Waals surface area contributed by atoms with Gasteiger partial charge in [-0.3, -0.25) is 0 Å².